The van der Waals surface area contributed by atoms with E-state index in [0.29, 0.717) is 5.69 Å². The zero-order valence-corrected chi connectivity index (χ0v) is 9.06. The van der Waals surface area contributed by atoms with Gasteiger partial charge in [-0.3, -0.25) is 9.59 Å². The van der Waals surface area contributed by atoms with E-state index in [2.05, 4.69) is 4.98 Å². The van der Waals surface area contributed by atoms with E-state index in [1.165, 1.54) is 12.3 Å². The maximum atomic E-state index is 11.5. The SMILES string of the molecule is Cc1cc(=O)c(C(=O)N[C@H](CO)C(=O)O)c[nH]1. The molecule has 1 heterocycles. The maximum Gasteiger partial charge on any atom is 0.328 e. The minimum absolute atomic E-state index is 0.199. The average molecular weight is 240 g/mol. The van der Waals surface area contributed by atoms with Crippen molar-refractivity contribution in [1.82, 2.24) is 10.3 Å². The summed E-state index contributed by atoms with van der Waals surface area (Å²) in [6, 6.07) is -0.202. The van der Waals surface area contributed by atoms with Crippen LogP contribution in [0, 0.1) is 6.92 Å². The Morgan fingerprint density at radius 3 is 2.65 bits per heavy atom. The number of rotatable bonds is 4. The summed E-state index contributed by atoms with van der Waals surface area (Å²) >= 11 is 0. The number of hydrogen-bond acceptors (Lipinski definition) is 4. The molecule has 1 amide bonds. The highest BCUT2D eigenvalue weighted by atomic mass is 16.4. The molecule has 0 saturated carbocycles. The highest BCUT2D eigenvalue weighted by molar-refractivity contribution is 5.96. The summed E-state index contributed by atoms with van der Waals surface area (Å²) in [5.74, 6) is -2.21. The number of aliphatic hydroxyl groups is 1. The first-order valence-electron chi connectivity index (χ1n) is 4.79. The molecule has 0 bridgehead atoms. The molecule has 0 spiro atoms. The fourth-order valence-electron chi connectivity index (χ4n) is 1.17. The molecule has 0 radical (unpaired) electrons. The van der Waals surface area contributed by atoms with Crippen molar-refractivity contribution in [3.63, 3.8) is 0 Å². The van der Waals surface area contributed by atoms with Crippen molar-refractivity contribution in [3.8, 4) is 0 Å². The van der Waals surface area contributed by atoms with E-state index in [9.17, 15) is 14.4 Å². The Labute approximate surface area is 96.1 Å². The van der Waals surface area contributed by atoms with Crippen LogP contribution in [0.15, 0.2) is 17.1 Å². The molecule has 7 nitrogen and oxygen atoms in total. The van der Waals surface area contributed by atoms with Crippen molar-refractivity contribution in [2.75, 3.05) is 6.61 Å². The Balaban J connectivity index is 2.90. The molecule has 0 fully saturated rings. The van der Waals surface area contributed by atoms with E-state index >= 15 is 0 Å². The normalized spacial score (nSPS) is 11.9. The number of carbonyl (C=O) groups is 2. The van der Waals surface area contributed by atoms with Crippen molar-refractivity contribution >= 4 is 11.9 Å². The molecule has 0 aliphatic carbocycles. The highest BCUT2D eigenvalue weighted by Gasteiger charge is 2.20. The van der Waals surface area contributed by atoms with E-state index in [1.54, 1.807) is 6.92 Å². The monoisotopic (exact) mass is 240 g/mol. The number of aromatic amines is 1. The standard InChI is InChI=1S/C10H12N2O5/c1-5-2-8(14)6(3-11-5)9(15)12-7(4-13)10(16)17/h2-3,7,13H,4H2,1H3,(H,11,14)(H,12,15)(H,16,17)/t7-/m1/s1. The Morgan fingerprint density at radius 2 is 2.18 bits per heavy atom. The third-order valence-corrected chi connectivity index (χ3v) is 2.09. The van der Waals surface area contributed by atoms with Crippen molar-refractivity contribution in [1.29, 1.82) is 0 Å². The van der Waals surface area contributed by atoms with Crippen molar-refractivity contribution in [3.05, 3.63) is 33.7 Å². The molecule has 1 rings (SSSR count). The Morgan fingerprint density at radius 1 is 1.53 bits per heavy atom. The molecule has 92 valence electrons. The first-order chi connectivity index (χ1) is 7.95. The minimum Gasteiger partial charge on any atom is -0.480 e. The molecule has 1 aromatic rings. The van der Waals surface area contributed by atoms with Crippen LogP contribution >= 0.6 is 0 Å². The first-order valence-corrected chi connectivity index (χ1v) is 4.79. The van der Waals surface area contributed by atoms with Gasteiger partial charge in [-0.25, -0.2) is 4.79 Å². The van der Waals surface area contributed by atoms with Crippen molar-refractivity contribution < 1.29 is 19.8 Å². The van der Waals surface area contributed by atoms with Gasteiger partial charge in [0.2, 0.25) is 0 Å². The summed E-state index contributed by atoms with van der Waals surface area (Å²) in [5, 5.41) is 19.4. The van der Waals surface area contributed by atoms with E-state index in [0.717, 1.165) is 0 Å². The lowest BCUT2D eigenvalue weighted by Crippen LogP contribution is -2.44. The summed E-state index contributed by atoms with van der Waals surface area (Å²) in [6.45, 7) is 0.904. The second kappa shape index (κ2) is 5.26. The van der Waals surface area contributed by atoms with E-state index in [4.69, 9.17) is 10.2 Å². The summed E-state index contributed by atoms with van der Waals surface area (Å²) in [6.07, 6.45) is 1.20. The second-order valence-electron chi connectivity index (χ2n) is 3.44. The van der Waals surface area contributed by atoms with Crippen LogP contribution in [0.4, 0.5) is 0 Å². The number of nitrogens with one attached hydrogen (secondary N) is 2. The first kappa shape index (κ1) is 12.9. The molecule has 4 N–H and O–H groups in total. The van der Waals surface area contributed by atoms with Crippen LogP contribution < -0.4 is 10.7 Å². The number of carboxylic acid groups (broad SMARTS) is 1. The fourth-order valence-corrected chi connectivity index (χ4v) is 1.17. The number of pyridine rings is 1. The van der Waals surface area contributed by atoms with Gasteiger partial charge in [0.25, 0.3) is 5.91 Å². The molecule has 0 unspecified atom stereocenters. The van der Waals surface area contributed by atoms with Gasteiger partial charge in [0.15, 0.2) is 11.5 Å². The van der Waals surface area contributed by atoms with Crippen LogP contribution in [0.2, 0.25) is 0 Å². The van der Waals surface area contributed by atoms with Gasteiger partial charge in [-0.2, -0.15) is 0 Å². The Bertz CT molecular complexity index is 494. The lowest BCUT2D eigenvalue weighted by molar-refractivity contribution is -0.140. The van der Waals surface area contributed by atoms with Gasteiger partial charge in [-0.1, -0.05) is 0 Å². The zero-order valence-electron chi connectivity index (χ0n) is 9.06. The molecule has 17 heavy (non-hydrogen) atoms. The van der Waals surface area contributed by atoms with Crippen molar-refractivity contribution in [2.24, 2.45) is 0 Å². The Kier molecular flexibility index (Phi) is 4.00. The number of amides is 1. The van der Waals surface area contributed by atoms with Gasteiger partial charge in [-0.15, -0.1) is 0 Å². The highest BCUT2D eigenvalue weighted by Crippen LogP contribution is 1.94. The quantitative estimate of drug-likeness (QED) is 0.530. The number of aryl methyl sites for hydroxylation is 1. The number of hydrogen-bond donors (Lipinski definition) is 4. The van der Waals surface area contributed by atoms with E-state index in [-0.39, 0.29) is 5.56 Å². The van der Waals surface area contributed by atoms with E-state index < -0.39 is 30.0 Å². The number of aromatic nitrogens is 1. The molecular formula is C10H12N2O5. The van der Waals surface area contributed by atoms with Gasteiger partial charge in [0, 0.05) is 18.0 Å². The molecule has 0 aromatic carbocycles. The number of carboxylic acids is 1. The largest absolute Gasteiger partial charge is 0.480 e. The number of carbonyl (C=O) groups excluding carboxylic acids is 1. The molecular weight excluding hydrogens is 228 g/mol. The van der Waals surface area contributed by atoms with Gasteiger partial charge >= 0.3 is 5.97 Å². The van der Waals surface area contributed by atoms with Gasteiger partial charge in [0.05, 0.1) is 6.61 Å². The van der Waals surface area contributed by atoms with Gasteiger partial charge in [-0.05, 0) is 6.92 Å². The second-order valence-corrected chi connectivity index (χ2v) is 3.44. The predicted octanol–water partition coefficient (Wildman–Crippen LogP) is -1.14. The molecule has 1 aromatic heterocycles. The molecule has 0 aliphatic heterocycles. The third-order valence-electron chi connectivity index (χ3n) is 2.09. The van der Waals surface area contributed by atoms with Crippen LogP contribution in [0.1, 0.15) is 16.1 Å². The zero-order chi connectivity index (χ0) is 13.0. The Hall–Kier alpha value is -2.15. The average Bonchev–Trinajstić information content (AvgIpc) is 2.24. The lowest BCUT2D eigenvalue weighted by Gasteiger charge is -2.11. The molecule has 0 aliphatic rings. The molecule has 0 saturated heterocycles. The summed E-state index contributed by atoms with van der Waals surface area (Å²) < 4.78 is 0. The fraction of sp³-hybridized carbons (Fsp3) is 0.300. The topological polar surface area (TPSA) is 119 Å². The number of aliphatic carboxylic acids is 1. The number of aliphatic hydroxyl groups excluding tert-OH is 1. The summed E-state index contributed by atoms with van der Waals surface area (Å²) in [5.41, 5.74) is -0.125. The smallest absolute Gasteiger partial charge is 0.328 e. The van der Waals surface area contributed by atoms with Gasteiger partial charge < -0.3 is 20.5 Å². The molecule has 1 atom stereocenters. The van der Waals surface area contributed by atoms with Crippen LogP contribution in [0.3, 0.4) is 0 Å². The van der Waals surface area contributed by atoms with Crippen LogP contribution in [0.25, 0.3) is 0 Å². The number of H-pyrrole nitrogens is 1. The van der Waals surface area contributed by atoms with Gasteiger partial charge in [0.1, 0.15) is 5.56 Å². The van der Waals surface area contributed by atoms with Crippen LogP contribution in [-0.4, -0.2) is 39.7 Å². The third kappa shape index (κ3) is 3.15. The van der Waals surface area contributed by atoms with E-state index in [1.807, 2.05) is 5.32 Å². The van der Waals surface area contributed by atoms with Crippen molar-refractivity contribution in [2.45, 2.75) is 13.0 Å². The predicted molar refractivity (Wildman–Crippen MR) is 57.8 cm³/mol. The summed E-state index contributed by atoms with van der Waals surface area (Å²) in [4.78, 5) is 36.2. The molecule has 7 heteroatoms. The minimum atomic E-state index is -1.43. The lowest BCUT2D eigenvalue weighted by atomic mass is 10.2. The summed E-state index contributed by atoms with van der Waals surface area (Å²) in [7, 11) is 0. The van der Waals surface area contributed by atoms with Crippen LogP contribution in [0.5, 0.6) is 0 Å². The van der Waals surface area contributed by atoms with Crippen LogP contribution in [-0.2, 0) is 4.79 Å². The maximum absolute atomic E-state index is 11.5.